The van der Waals surface area contributed by atoms with Gasteiger partial charge in [-0.3, -0.25) is 0 Å². The molecule has 0 saturated carbocycles. The second kappa shape index (κ2) is 7.60. The van der Waals surface area contributed by atoms with E-state index >= 15 is 0 Å². The van der Waals surface area contributed by atoms with Gasteiger partial charge in [0.1, 0.15) is 0 Å². The molecular formula is C6H13N3OS. The molecule has 0 aliphatic carbocycles. The van der Waals surface area contributed by atoms with Crippen LogP contribution in [0.5, 0.6) is 0 Å². The summed E-state index contributed by atoms with van der Waals surface area (Å²) in [4.78, 5) is 2.64. The van der Waals surface area contributed by atoms with Crippen LogP contribution in [0.4, 0.5) is 0 Å². The maximum atomic E-state index is 8.78. The van der Waals surface area contributed by atoms with Gasteiger partial charge in [-0.1, -0.05) is 5.11 Å². The number of azide groups is 1. The lowest BCUT2D eigenvalue weighted by molar-refractivity contribution is 0.564. The molecule has 0 rings (SSSR count). The minimum Gasteiger partial charge on any atom is -0.360 e. The first kappa shape index (κ1) is 10.5. The van der Waals surface area contributed by atoms with Gasteiger partial charge in [-0.15, -0.1) is 0 Å². The molecule has 4 nitrogen and oxygen atoms in total. The summed E-state index contributed by atoms with van der Waals surface area (Å²) in [6, 6.07) is 0. The van der Waals surface area contributed by atoms with Crippen molar-refractivity contribution in [1.29, 1.82) is 0 Å². The Morgan fingerprint density at radius 2 is 2.36 bits per heavy atom. The highest BCUT2D eigenvalue weighted by Gasteiger charge is 1.84. The monoisotopic (exact) mass is 175 g/mol. The summed E-state index contributed by atoms with van der Waals surface area (Å²) in [5.74, 6) is 0.948. The Morgan fingerprint density at radius 3 is 2.91 bits per heavy atom. The quantitative estimate of drug-likeness (QED) is 0.165. The largest absolute Gasteiger partial charge is 0.360 e. The lowest BCUT2D eigenvalue weighted by Gasteiger charge is -1.92. The van der Waals surface area contributed by atoms with Gasteiger partial charge in [0.15, 0.2) is 0 Å². The normalized spacial score (nSPS) is 11.6. The van der Waals surface area contributed by atoms with Crippen LogP contribution < -0.4 is 0 Å². The predicted molar refractivity (Wildman–Crippen MR) is 50.4 cm³/mol. The van der Waals surface area contributed by atoms with Crippen LogP contribution in [0.3, 0.4) is 0 Å². The number of aliphatic hydroxyl groups is 1. The van der Waals surface area contributed by atoms with E-state index in [0.717, 1.165) is 29.9 Å². The topological polar surface area (TPSA) is 69.0 Å². The van der Waals surface area contributed by atoms with Crippen molar-refractivity contribution in [2.75, 3.05) is 12.3 Å². The first-order valence-electron chi connectivity index (χ1n) is 3.48. The van der Waals surface area contributed by atoms with Crippen LogP contribution in [-0.4, -0.2) is 22.5 Å². The van der Waals surface area contributed by atoms with E-state index in [1.165, 1.54) is 0 Å². The number of nitrogens with zero attached hydrogens (tertiary/aromatic N) is 3. The Bertz CT molecular complexity index is 171. The number of hydrogen-bond acceptors (Lipinski definition) is 1. The van der Waals surface area contributed by atoms with E-state index in [1.807, 2.05) is 0 Å². The lowest BCUT2D eigenvalue weighted by atomic mass is 10.3. The molecule has 11 heavy (non-hydrogen) atoms. The van der Waals surface area contributed by atoms with Crippen LogP contribution in [0.25, 0.3) is 10.4 Å². The highest BCUT2D eigenvalue weighted by Crippen LogP contribution is 1.97. The standard InChI is InChI=1S/C6H13N3OS/c1-6(10)11-5-3-2-4-8-9-7/h10-11H,2-5H2,1H3. The van der Waals surface area contributed by atoms with Crippen molar-refractivity contribution < 1.29 is 5.11 Å². The van der Waals surface area contributed by atoms with Crippen LogP contribution >= 0.6 is 11.4 Å². The highest BCUT2D eigenvalue weighted by molar-refractivity contribution is 7.98. The van der Waals surface area contributed by atoms with E-state index in [2.05, 4.69) is 10.0 Å². The van der Waals surface area contributed by atoms with Crippen LogP contribution in [0.15, 0.2) is 5.11 Å². The van der Waals surface area contributed by atoms with Crippen molar-refractivity contribution in [2.45, 2.75) is 19.8 Å². The van der Waals surface area contributed by atoms with E-state index in [1.54, 1.807) is 6.92 Å². The summed E-state index contributed by atoms with van der Waals surface area (Å²) in [7, 11) is 0. The van der Waals surface area contributed by atoms with E-state index in [0.29, 0.717) is 11.6 Å². The van der Waals surface area contributed by atoms with Crippen molar-refractivity contribution in [3.63, 3.8) is 0 Å². The summed E-state index contributed by atoms with van der Waals surface area (Å²) in [6.07, 6.45) is 1.91. The maximum Gasteiger partial charge on any atom is 0.0663 e. The third-order valence-electron chi connectivity index (χ3n) is 1.07. The van der Waals surface area contributed by atoms with Gasteiger partial charge in [-0.05, 0) is 31.0 Å². The molecule has 0 aliphatic rings. The molecule has 1 N–H and O–H groups in total. The minimum atomic E-state index is 0.453. The van der Waals surface area contributed by atoms with Gasteiger partial charge in [0.05, 0.1) is 5.05 Å². The second-order valence-corrected chi connectivity index (χ2v) is 3.50. The first-order valence-corrected chi connectivity index (χ1v) is 4.56. The SMILES string of the molecule is CC(O)=[SH]CCCCN=[N+]=[N-]. The Kier molecular flexibility index (Phi) is 7.24. The summed E-state index contributed by atoms with van der Waals surface area (Å²) in [6.45, 7) is 2.26. The van der Waals surface area contributed by atoms with Crippen molar-refractivity contribution in [1.82, 2.24) is 0 Å². The molecule has 0 aromatic carbocycles. The lowest BCUT2D eigenvalue weighted by Crippen LogP contribution is -1.86. The van der Waals surface area contributed by atoms with Gasteiger partial charge in [0.25, 0.3) is 0 Å². The molecule has 5 heteroatoms. The first-order chi connectivity index (χ1) is 5.27. The van der Waals surface area contributed by atoms with Gasteiger partial charge in [0.2, 0.25) is 0 Å². The zero-order valence-electron chi connectivity index (χ0n) is 6.56. The zero-order valence-corrected chi connectivity index (χ0v) is 7.46. The van der Waals surface area contributed by atoms with Crippen LogP contribution in [-0.2, 0) is 0 Å². The summed E-state index contributed by atoms with van der Waals surface area (Å²) in [5, 5.41) is 12.6. The molecule has 0 atom stereocenters. The van der Waals surface area contributed by atoms with E-state index < -0.39 is 0 Å². The van der Waals surface area contributed by atoms with Crippen LogP contribution in [0.2, 0.25) is 0 Å². The van der Waals surface area contributed by atoms with E-state index in [4.69, 9.17) is 10.6 Å². The van der Waals surface area contributed by atoms with E-state index in [-0.39, 0.29) is 0 Å². The molecule has 0 amide bonds. The third-order valence-corrected chi connectivity index (χ3v) is 2.07. The minimum absolute atomic E-state index is 0.453. The number of unbranched alkanes of at least 4 members (excludes halogenated alkanes) is 1. The molecule has 0 aromatic rings. The van der Waals surface area contributed by atoms with Crippen LogP contribution in [0.1, 0.15) is 19.8 Å². The zero-order chi connectivity index (χ0) is 8.53. The van der Waals surface area contributed by atoms with Gasteiger partial charge < -0.3 is 5.11 Å². The second-order valence-electron chi connectivity index (χ2n) is 2.09. The molecule has 0 spiro atoms. The fourth-order valence-corrected chi connectivity index (χ4v) is 1.29. The molecule has 0 unspecified atom stereocenters. The average Bonchev–Trinajstić information content (AvgIpc) is 1.96. The third kappa shape index (κ3) is 9.49. The molecule has 0 aromatic heterocycles. The summed E-state index contributed by atoms with van der Waals surface area (Å²) in [5.41, 5.74) is 7.92. The molecule has 0 aliphatic heterocycles. The smallest absolute Gasteiger partial charge is 0.0663 e. The fraction of sp³-hybridized carbons (Fsp3) is 0.833. The Hall–Kier alpha value is -0.510. The molecule has 0 fully saturated rings. The molecular weight excluding hydrogens is 162 g/mol. The maximum absolute atomic E-state index is 8.78. The van der Waals surface area contributed by atoms with Gasteiger partial charge in [-0.25, -0.2) is 0 Å². The van der Waals surface area contributed by atoms with Gasteiger partial charge in [0, 0.05) is 11.5 Å². The summed E-state index contributed by atoms with van der Waals surface area (Å²) < 4.78 is 0. The molecule has 64 valence electrons. The van der Waals surface area contributed by atoms with Crippen LogP contribution in [0, 0.1) is 0 Å². The Morgan fingerprint density at radius 1 is 1.64 bits per heavy atom. The predicted octanol–water partition coefficient (Wildman–Crippen LogP) is 2.25. The number of rotatable bonds is 5. The Labute approximate surface area is 69.8 Å². The van der Waals surface area contributed by atoms with Gasteiger partial charge in [-0.2, -0.15) is 11.4 Å². The van der Waals surface area contributed by atoms with Gasteiger partial charge >= 0.3 is 0 Å². The molecule has 0 bridgehead atoms. The Balaban J connectivity index is 3.15. The number of aliphatic hydroxyl groups excluding tert-OH is 1. The molecule has 0 heterocycles. The van der Waals surface area contributed by atoms with E-state index in [9.17, 15) is 0 Å². The highest BCUT2D eigenvalue weighted by atomic mass is 32.1. The number of hydrogen-bond donors (Lipinski definition) is 2. The molecule has 0 saturated heterocycles. The van der Waals surface area contributed by atoms with Crippen molar-refractivity contribution in [3.05, 3.63) is 10.4 Å². The van der Waals surface area contributed by atoms with Crippen molar-refractivity contribution in [3.8, 4) is 0 Å². The van der Waals surface area contributed by atoms with Crippen molar-refractivity contribution in [2.24, 2.45) is 5.11 Å². The molecule has 0 radical (unpaired) electrons. The summed E-state index contributed by atoms with van der Waals surface area (Å²) >= 11 is 0.982. The number of thiol groups is 1. The van der Waals surface area contributed by atoms with Crippen molar-refractivity contribution >= 4 is 16.4 Å². The average molecular weight is 175 g/mol. The fourth-order valence-electron chi connectivity index (χ4n) is 0.580.